The Balaban J connectivity index is 1.77. The van der Waals surface area contributed by atoms with E-state index in [-0.39, 0.29) is 11.8 Å². The molecule has 0 spiro atoms. The van der Waals surface area contributed by atoms with Crippen LogP contribution < -0.4 is 5.32 Å². The Labute approximate surface area is 153 Å². The Morgan fingerprint density at radius 3 is 3.00 bits per heavy atom. The molecule has 5 nitrogen and oxygen atoms in total. The third-order valence-corrected chi connectivity index (χ3v) is 5.81. The summed E-state index contributed by atoms with van der Waals surface area (Å²) >= 11 is 1.48. The lowest BCUT2D eigenvalue weighted by molar-refractivity contribution is -0.119. The van der Waals surface area contributed by atoms with E-state index in [1.807, 2.05) is 19.2 Å². The second kappa shape index (κ2) is 7.70. The SMILES string of the molecule is CC[C@H](C)C(=O)Nc1nc(-c2cc(C)n(C[C@H]3CCCO3)c2C)cs1. The van der Waals surface area contributed by atoms with E-state index in [1.54, 1.807) is 0 Å². The van der Waals surface area contributed by atoms with Gasteiger partial charge in [0.25, 0.3) is 0 Å². The molecule has 1 N–H and O–H groups in total. The fourth-order valence-electron chi connectivity index (χ4n) is 3.20. The Kier molecular flexibility index (Phi) is 5.59. The van der Waals surface area contributed by atoms with Gasteiger partial charge < -0.3 is 14.6 Å². The minimum atomic E-state index is 0.00354. The summed E-state index contributed by atoms with van der Waals surface area (Å²) in [5.74, 6) is 0.0380. The summed E-state index contributed by atoms with van der Waals surface area (Å²) in [6.07, 6.45) is 3.43. The summed E-state index contributed by atoms with van der Waals surface area (Å²) in [6, 6.07) is 2.18. The molecule has 1 saturated heterocycles. The Morgan fingerprint density at radius 2 is 2.32 bits per heavy atom. The number of aryl methyl sites for hydroxylation is 1. The molecule has 6 heteroatoms. The minimum Gasteiger partial charge on any atom is -0.376 e. The highest BCUT2D eigenvalue weighted by molar-refractivity contribution is 7.14. The van der Waals surface area contributed by atoms with E-state index >= 15 is 0 Å². The molecule has 136 valence electrons. The maximum Gasteiger partial charge on any atom is 0.228 e. The molecule has 0 aliphatic carbocycles. The van der Waals surface area contributed by atoms with Crippen LogP contribution in [0.2, 0.25) is 0 Å². The first-order valence-corrected chi connectivity index (χ1v) is 9.92. The van der Waals surface area contributed by atoms with Gasteiger partial charge in [-0.25, -0.2) is 4.98 Å². The van der Waals surface area contributed by atoms with Crippen molar-refractivity contribution >= 4 is 22.4 Å². The molecule has 1 fully saturated rings. The summed E-state index contributed by atoms with van der Waals surface area (Å²) in [5.41, 5.74) is 4.49. The molecular weight excluding hydrogens is 334 g/mol. The summed E-state index contributed by atoms with van der Waals surface area (Å²) in [4.78, 5) is 16.7. The van der Waals surface area contributed by atoms with Crippen LogP contribution in [0, 0.1) is 19.8 Å². The number of thiazole rings is 1. The molecule has 0 bridgehead atoms. The molecule has 2 aromatic heterocycles. The fourth-order valence-corrected chi connectivity index (χ4v) is 3.92. The third kappa shape index (κ3) is 3.96. The van der Waals surface area contributed by atoms with Crippen LogP contribution in [0.3, 0.4) is 0 Å². The smallest absolute Gasteiger partial charge is 0.228 e. The standard InChI is InChI=1S/C19H27N3O2S/c1-5-12(2)18(23)21-19-20-17(11-25-19)16-9-13(3)22(14(16)4)10-15-7-6-8-24-15/h9,11-12,15H,5-8,10H2,1-4H3,(H,20,21,23)/t12-,15+/m0/s1. The van der Waals surface area contributed by atoms with Crippen LogP contribution >= 0.6 is 11.3 Å². The van der Waals surface area contributed by atoms with Crippen molar-refractivity contribution in [2.45, 2.75) is 59.6 Å². The summed E-state index contributed by atoms with van der Waals surface area (Å²) < 4.78 is 8.10. The predicted octanol–water partition coefficient (Wildman–Crippen LogP) is 4.39. The van der Waals surface area contributed by atoms with Crippen molar-refractivity contribution in [3.8, 4) is 11.3 Å². The monoisotopic (exact) mass is 361 g/mol. The average molecular weight is 362 g/mol. The molecule has 0 radical (unpaired) electrons. The van der Waals surface area contributed by atoms with Crippen LogP contribution in [0.4, 0.5) is 5.13 Å². The number of carbonyl (C=O) groups is 1. The molecule has 1 aliphatic heterocycles. The number of hydrogen-bond acceptors (Lipinski definition) is 4. The van der Waals surface area contributed by atoms with Crippen LogP contribution in [0.1, 0.15) is 44.5 Å². The number of rotatable bonds is 6. The van der Waals surface area contributed by atoms with Gasteiger partial charge in [0.2, 0.25) is 5.91 Å². The van der Waals surface area contributed by atoms with E-state index in [2.05, 4.69) is 34.8 Å². The van der Waals surface area contributed by atoms with Gasteiger partial charge in [-0.05, 0) is 39.2 Å². The van der Waals surface area contributed by atoms with Crippen molar-refractivity contribution < 1.29 is 9.53 Å². The maximum atomic E-state index is 12.0. The first-order valence-electron chi connectivity index (χ1n) is 9.04. The van der Waals surface area contributed by atoms with Crippen molar-refractivity contribution in [1.29, 1.82) is 0 Å². The Morgan fingerprint density at radius 1 is 1.52 bits per heavy atom. The number of nitrogens with zero attached hydrogens (tertiary/aromatic N) is 2. The highest BCUT2D eigenvalue weighted by Crippen LogP contribution is 2.31. The molecule has 25 heavy (non-hydrogen) atoms. The normalized spacial score (nSPS) is 18.5. The number of amides is 1. The molecule has 0 aromatic carbocycles. The van der Waals surface area contributed by atoms with E-state index in [0.29, 0.717) is 11.2 Å². The van der Waals surface area contributed by atoms with Gasteiger partial charge in [-0.3, -0.25) is 4.79 Å². The number of aromatic nitrogens is 2. The molecule has 1 aliphatic rings. The number of nitrogens with one attached hydrogen (secondary N) is 1. The van der Waals surface area contributed by atoms with Crippen LogP contribution in [0.5, 0.6) is 0 Å². The topological polar surface area (TPSA) is 56.2 Å². The Hall–Kier alpha value is -1.66. The van der Waals surface area contributed by atoms with E-state index in [9.17, 15) is 4.79 Å². The lowest BCUT2D eigenvalue weighted by atomic mass is 10.1. The lowest BCUT2D eigenvalue weighted by Crippen LogP contribution is -2.19. The second-order valence-corrected chi connectivity index (χ2v) is 7.72. The molecule has 3 rings (SSSR count). The maximum absolute atomic E-state index is 12.0. The second-order valence-electron chi connectivity index (χ2n) is 6.87. The van der Waals surface area contributed by atoms with Crippen molar-refractivity contribution in [1.82, 2.24) is 9.55 Å². The molecule has 1 amide bonds. The van der Waals surface area contributed by atoms with Crippen molar-refractivity contribution in [2.24, 2.45) is 5.92 Å². The van der Waals surface area contributed by atoms with E-state index < -0.39 is 0 Å². The molecule has 3 heterocycles. The number of hydrogen-bond donors (Lipinski definition) is 1. The zero-order valence-corrected chi connectivity index (χ0v) is 16.3. The largest absolute Gasteiger partial charge is 0.376 e. The Bertz CT molecular complexity index is 744. The first kappa shape index (κ1) is 18.1. The molecule has 2 atom stereocenters. The van der Waals surface area contributed by atoms with E-state index in [4.69, 9.17) is 4.74 Å². The van der Waals surface area contributed by atoms with Crippen LogP contribution in [0.25, 0.3) is 11.3 Å². The predicted molar refractivity (Wildman–Crippen MR) is 102 cm³/mol. The quantitative estimate of drug-likeness (QED) is 0.830. The summed E-state index contributed by atoms with van der Waals surface area (Å²) in [6.45, 7) is 9.99. The highest BCUT2D eigenvalue weighted by atomic mass is 32.1. The third-order valence-electron chi connectivity index (χ3n) is 5.05. The van der Waals surface area contributed by atoms with Crippen molar-refractivity contribution in [2.75, 3.05) is 11.9 Å². The van der Waals surface area contributed by atoms with Gasteiger partial charge >= 0.3 is 0 Å². The molecule has 0 saturated carbocycles. The molecular formula is C19H27N3O2S. The van der Waals surface area contributed by atoms with Crippen LogP contribution in [0.15, 0.2) is 11.4 Å². The van der Waals surface area contributed by atoms with Gasteiger partial charge in [0.05, 0.1) is 11.8 Å². The van der Waals surface area contributed by atoms with Gasteiger partial charge in [0.1, 0.15) is 0 Å². The fraction of sp³-hybridized carbons (Fsp3) is 0.579. The van der Waals surface area contributed by atoms with Gasteiger partial charge in [-0.15, -0.1) is 11.3 Å². The zero-order chi connectivity index (χ0) is 18.0. The van der Waals surface area contributed by atoms with Gasteiger partial charge in [0, 0.05) is 41.4 Å². The van der Waals surface area contributed by atoms with Crippen molar-refractivity contribution in [3.63, 3.8) is 0 Å². The van der Waals surface area contributed by atoms with E-state index in [0.717, 1.165) is 43.7 Å². The number of ether oxygens (including phenoxy) is 1. The van der Waals surface area contributed by atoms with Crippen molar-refractivity contribution in [3.05, 3.63) is 22.8 Å². The summed E-state index contributed by atoms with van der Waals surface area (Å²) in [7, 11) is 0. The summed E-state index contributed by atoms with van der Waals surface area (Å²) in [5, 5.41) is 5.61. The molecule has 2 aromatic rings. The van der Waals surface area contributed by atoms with Crippen LogP contribution in [-0.4, -0.2) is 28.2 Å². The molecule has 0 unspecified atom stereocenters. The number of carbonyl (C=O) groups excluding carboxylic acids is 1. The van der Waals surface area contributed by atoms with Gasteiger partial charge in [0.15, 0.2) is 5.13 Å². The number of anilines is 1. The highest BCUT2D eigenvalue weighted by Gasteiger charge is 2.20. The van der Waals surface area contributed by atoms with E-state index in [1.165, 1.54) is 22.7 Å². The van der Waals surface area contributed by atoms with Gasteiger partial charge in [-0.1, -0.05) is 13.8 Å². The lowest BCUT2D eigenvalue weighted by Gasteiger charge is -2.14. The first-order chi connectivity index (χ1) is 12.0. The van der Waals surface area contributed by atoms with Crippen LogP contribution in [-0.2, 0) is 16.1 Å². The van der Waals surface area contributed by atoms with Gasteiger partial charge in [-0.2, -0.15) is 0 Å². The zero-order valence-electron chi connectivity index (χ0n) is 15.5. The average Bonchev–Trinajstić information content (AvgIpc) is 3.32. The minimum absolute atomic E-state index is 0.00354.